The quantitative estimate of drug-likeness (QED) is 0.296. The number of halogens is 3. The van der Waals surface area contributed by atoms with Crippen molar-refractivity contribution in [1.29, 1.82) is 0 Å². The van der Waals surface area contributed by atoms with Crippen LogP contribution in [0.25, 0.3) is 6.08 Å². The summed E-state index contributed by atoms with van der Waals surface area (Å²) >= 11 is 6.11. The van der Waals surface area contributed by atoms with Crippen LogP contribution in [0.15, 0.2) is 65.1 Å². The maximum atomic E-state index is 14.2. The van der Waals surface area contributed by atoms with E-state index in [1.54, 1.807) is 31.2 Å². The molecule has 0 aromatic heterocycles. The SMILES string of the molecule is COc1cc(S(=O)(=O)N2c3cc(OCc4c(F)cccc4Cl)ccc3C=C(CCC(C)=O)[C@H]2C)ccc1F. The van der Waals surface area contributed by atoms with E-state index in [4.69, 9.17) is 21.1 Å². The molecule has 0 unspecified atom stereocenters. The zero-order valence-electron chi connectivity index (χ0n) is 21.0. The molecule has 6 nitrogen and oxygen atoms in total. The summed E-state index contributed by atoms with van der Waals surface area (Å²) in [4.78, 5) is 11.5. The molecule has 1 atom stereocenters. The summed E-state index contributed by atoms with van der Waals surface area (Å²) < 4.78 is 68.2. The van der Waals surface area contributed by atoms with Gasteiger partial charge < -0.3 is 14.3 Å². The number of methoxy groups -OCH3 is 1. The number of rotatable bonds is 9. The van der Waals surface area contributed by atoms with Crippen LogP contribution in [0.2, 0.25) is 5.02 Å². The topological polar surface area (TPSA) is 72.9 Å². The molecule has 200 valence electrons. The van der Waals surface area contributed by atoms with E-state index >= 15 is 0 Å². The van der Waals surface area contributed by atoms with Gasteiger partial charge in [0.1, 0.15) is 24.0 Å². The average molecular weight is 562 g/mol. The van der Waals surface area contributed by atoms with Gasteiger partial charge in [-0.05, 0) is 67.8 Å². The van der Waals surface area contributed by atoms with E-state index in [-0.39, 0.29) is 40.0 Å². The monoisotopic (exact) mass is 561 g/mol. The Labute approximate surface area is 225 Å². The van der Waals surface area contributed by atoms with Crippen LogP contribution in [0.4, 0.5) is 14.5 Å². The number of benzene rings is 3. The summed E-state index contributed by atoms with van der Waals surface area (Å²) in [5, 5.41) is 0.212. The predicted octanol–water partition coefficient (Wildman–Crippen LogP) is 6.56. The lowest BCUT2D eigenvalue weighted by Crippen LogP contribution is -2.42. The summed E-state index contributed by atoms with van der Waals surface area (Å²) in [5.41, 5.74) is 1.84. The van der Waals surface area contributed by atoms with Crippen LogP contribution in [0.1, 0.15) is 37.8 Å². The first kappa shape index (κ1) is 27.6. The van der Waals surface area contributed by atoms with Crippen molar-refractivity contribution < 1.29 is 31.5 Å². The number of fused-ring (bicyclic) bond motifs is 1. The molecule has 1 aliphatic rings. The van der Waals surface area contributed by atoms with Crippen LogP contribution < -0.4 is 13.8 Å². The van der Waals surface area contributed by atoms with Crippen molar-refractivity contribution in [2.75, 3.05) is 11.4 Å². The minimum absolute atomic E-state index is 0.0165. The van der Waals surface area contributed by atoms with Gasteiger partial charge in [0.15, 0.2) is 11.6 Å². The summed E-state index contributed by atoms with van der Waals surface area (Å²) in [6.45, 7) is 3.04. The Morgan fingerprint density at radius 1 is 1.08 bits per heavy atom. The second-order valence-corrected chi connectivity index (χ2v) is 11.1. The first-order chi connectivity index (χ1) is 18.0. The Hall–Kier alpha value is -3.43. The van der Waals surface area contributed by atoms with Gasteiger partial charge in [0.05, 0.1) is 28.8 Å². The third kappa shape index (κ3) is 5.54. The number of hydrogen-bond donors (Lipinski definition) is 0. The normalized spacial score (nSPS) is 15.1. The van der Waals surface area contributed by atoms with Gasteiger partial charge in [0, 0.05) is 24.1 Å². The number of anilines is 1. The number of hydrogen-bond acceptors (Lipinski definition) is 5. The van der Waals surface area contributed by atoms with Gasteiger partial charge in [-0.15, -0.1) is 0 Å². The van der Waals surface area contributed by atoms with Gasteiger partial charge in [-0.1, -0.05) is 23.7 Å². The second kappa shape index (κ2) is 11.1. The molecular formula is C28H26ClF2NO5S. The second-order valence-electron chi connectivity index (χ2n) is 8.90. The Morgan fingerprint density at radius 2 is 1.84 bits per heavy atom. The van der Waals surface area contributed by atoms with E-state index in [1.807, 2.05) is 6.08 Å². The molecular weight excluding hydrogens is 536 g/mol. The predicted molar refractivity (Wildman–Crippen MR) is 142 cm³/mol. The smallest absolute Gasteiger partial charge is 0.265 e. The van der Waals surface area contributed by atoms with Crippen molar-refractivity contribution in [3.63, 3.8) is 0 Å². The number of ether oxygens (including phenoxy) is 2. The number of sulfonamides is 1. The van der Waals surface area contributed by atoms with Crippen molar-refractivity contribution in [3.05, 3.63) is 88.0 Å². The van der Waals surface area contributed by atoms with Crippen LogP contribution in [-0.2, 0) is 21.4 Å². The average Bonchev–Trinajstić information content (AvgIpc) is 2.87. The third-order valence-corrected chi connectivity index (χ3v) is 8.59. The van der Waals surface area contributed by atoms with E-state index in [0.29, 0.717) is 23.4 Å². The minimum atomic E-state index is -4.22. The van der Waals surface area contributed by atoms with E-state index in [2.05, 4.69) is 0 Å². The number of ketones is 1. The van der Waals surface area contributed by atoms with Crippen molar-refractivity contribution in [3.8, 4) is 11.5 Å². The zero-order valence-corrected chi connectivity index (χ0v) is 22.6. The third-order valence-electron chi connectivity index (χ3n) is 6.36. The van der Waals surface area contributed by atoms with Gasteiger partial charge in [-0.25, -0.2) is 17.2 Å². The van der Waals surface area contributed by atoms with Crippen LogP contribution >= 0.6 is 11.6 Å². The highest BCUT2D eigenvalue weighted by atomic mass is 35.5. The maximum Gasteiger partial charge on any atom is 0.265 e. The Balaban J connectivity index is 1.77. The molecule has 3 aromatic carbocycles. The molecule has 0 saturated carbocycles. The largest absolute Gasteiger partial charge is 0.494 e. The summed E-state index contributed by atoms with van der Waals surface area (Å²) in [6.07, 6.45) is 2.49. The number of Topliss-reactive ketones (excluding diaryl/α,β-unsaturated/α-hetero) is 1. The molecule has 4 rings (SSSR count). The minimum Gasteiger partial charge on any atom is -0.494 e. The molecule has 1 heterocycles. The lowest BCUT2D eigenvalue weighted by Gasteiger charge is -2.36. The zero-order chi connectivity index (χ0) is 27.6. The van der Waals surface area contributed by atoms with Crippen molar-refractivity contribution in [1.82, 2.24) is 0 Å². The van der Waals surface area contributed by atoms with Gasteiger partial charge >= 0.3 is 0 Å². The van der Waals surface area contributed by atoms with Gasteiger partial charge in [0.25, 0.3) is 10.0 Å². The summed E-state index contributed by atoms with van der Waals surface area (Å²) in [7, 11) is -2.97. The summed E-state index contributed by atoms with van der Waals surface area (Å²) in [6, 6.07) is 11.9. The van der Waals surface area contributed by atoms with Gasteiger partial charge in [0.2, 0.25) is 0 Å². The van der Waals surface area contributed by atoms with Crippen LogP contribution in [-0.4, -0.2) is 27.4 Å². The molecule has 38 heavy (non-hydrogen) atoms. The number of carbonyl (C=O) groups excluding carboxylic acids is 1. The standard InChI is InChI=1S/C28H26ClF2NO5S/c1-17(33)7-8-19-13-20-9-10-21(37-16-23-24(29)5-4-6-25(23)30)14-27(20)32(18(19)2)38(34,35)22-11-12-26(31)28(15-22)36-3/h4-6,9-15,18H,7-8,16H2,1-3H3/t18-/m1/s1. The number of carbonyl (C=O) groups is 1. The van der Waals surface area contributed by atoms with Crippen molar-refractivity contribution >= 4 is 39.2 Å². The molecule has 0 spiro atoms. The molecule has 0 aliphatic carbocycles. The molecule has 0 saturated heterocycles. The van der Waals surface area contributed by atoms with Crippen LogP contribution in [0.3, 0.4) is 0 Å². The molecule has 0 N–H and O–H groups in total. The summed E-state index contributed by atoms with van der Waals surface area (Å²) in [5.74, 6) is -1.13. The van der Waals surface area contributed by atoms with Crippen LogP contribution in [0, 0.1) is 11.6 Å². The Kier molecular flexibility index (Phi) is 8.08. The number of nitrogens with zero attached hydrogens (tertiary/aromatic N) is 1. The van der Waals surface area contributed by atoms with Gasteiger partial charge in [-0.2, -0.15) is 0 Å². The van der Waals surface area contributed by atoms with E-state index in [9.17, 15) is 22.0 Å². The van der Waals surface area contributed by atoms with Crippen LogP contribution in [0.5, 0.6) is 11.5 Å². The Bertz CT molecular complexity index is 1500. The molecule has 3 aromatic rings. The van der Waals surface area contributed by atoms with Crippen molar-refractivity contribution in [2.24, 2.45) is 0 Å². The molecule has 10 heteroatoms. The first-order valence-electron chi connectivity index (χ1n) is 11.8. The fraction of sp³-hybridized carbons (Fsp3) is 0.250. The molecule has 1 aliphatic heterocycles. The lowest BCUT2D eigenvalue weighted by molar-refractivity contribution is -0.116. The lowest BCUT2D eigenvalue weighted by atomic mass is 9.94. The fourth-order valence-corrected chi connectivity index (χ4v) is 6.19. The fourth-order valence-electron chi connectivity index (χ4n) is 4.28. The van der Waals surface area contributed by atoms with Gasteiger partial charge in [-0.3, -0.25) is 4.31 Å². The first-order valence-corrected chi connectivity index (χ1v) is 13.6. The molecule has 0 radical (unpaired) electrons. The van der Waals surface area contributed by atoms with E-state index in [1.165, 1.54) is 36.5 Å². The van der Waals surface area contributed by atoms with E-state index < -0.39 is 27.7 Å². The molecule has 0 amide bonds. The highest BCUT2D eigenvalue weighted by Gasteiger charge is 2.36. The highest BCUT2D eigenvalue weighted by Crippen LogP contribution is 2.41. The molecule has 0 fully saturated rings. The van der Waals surface area contributed by atoms with Crippen molar-refractivity contribution in [2.45, 2.75) is 44.2 Å². The maximum absolute atomic E-state index is 14.2. The Morgan fingerprint density at radius 3 is 2.53 bits per heavy atom. The molecule has 0 bridgehead atoms. The highest BCUT2D eigenvalue weighted by molar-refractivity contribution is 7.92. The van der Waals surface area contributed by atoms with E-state index in [0.717, 1.165) is 17.7 Å².